The maximum atomic E-state index is 11.8. The minimum atomic E-state index is -3.95. The zero-order chi connectivity index (χ0) is 58.7. The van der Waals surface area contributed by atoms with Gasteiger partial charge in [0.05, 0.1) is 22.2 Å². The molecule has 24 heteroatoms. The third-order valence-electron chi connectivity index (χ3n) is 14.6. The van der Waals surface area contributed by atoms with Crippen molar-refractivity contribution in [2.45, 2.75) is 170 Å². The van der Waals surface area contributed by atoms with Gasteiger partial charge < -0.3 is 33.9 Å². The van der Waals surface area contributed by atoms with Crippen molar-refractivity contribution < 1.29 is 35.7 Å². The van der Waals surface area contributed by atoms with Crippen molar-refractivity contribution in [1.82, 2.24) is 43.3 Å². The molecular weight excluding hydrogens is 1060 g/mol. The van der Waals surface area contributed by atoms with Crippen LogP contribution in [0.2, 0.25) is 16.6 Å². The number of amides is 1. The fourth-order valence-corrected chi connectivity index (χ4v) is 17.7. The predicted molar refractivity (Wildman–Crippen MR) is 323 cm³/mol. The zero-order valence-electron chi connectivity index (χ0n) is 49.3. The number of ether oxygens (including phenoxy) is 1. The van der Waals surface area contributed by atoms with Crippen LogP contribution in [0.3, 0.4) is 0 Å². The Hall–Kier alpha value is -5.47. The van der Waals surface area contributed by atoms with E-state index in [1.807, 2.05) is 43.1 Å². The molecule has 2 aromatic carbocycles. The first-order valence-electron chi connectivity index (χ1n) is 27.2. The topological polar surface area (TPSA) is 271 Å². The highest BCUT2D eigenvalue weighted by atomic mass is 32.2. The van der Waals surface area contributed by atoms with Gasteiger partial charge in [-0.15, -0.1) is 0 Å². The van der Waals surface area contributed by atoms with Gasteiger partial charge in [-0.2, -0.15) is 21.6 Å². The molecule has 1 amide bonds. The summed E-state index contributed by atoms with van der Waals surface area (Å²) in [6, 6.07) is 12.5. The Morgan fingerprint density at radius 1 is 0.734 bits per heavy atom. The molecule has 0 atom stereocenters. The van der Waals surface area contributed by atoms with E-state index in [1.54, 1.807) is 27.1 Å². The maximum absolute atomic E-state index is 11.8. The van der Waals surface area contributed by atoms with Crippen LogP contribution in [0.5, 0.6) is 0 Å². The Labute approximate surface area is 471 Å². The molecule has 6 aromatic rings. The fourth-order valence-electron chi connectivity index (χ4n) is 10.1. The summed E-state index contributed by atoms with van der Waals surface area (Å²) in [4.78, 5) is 31.9. The van der Waals surface area contributed by atoms with E-state index >= 15 is 0 Å². The molecule has 20 nitrogen and oxygen atoms in total. The summed E-state index contributed by atoms with van der Waals surface area (Å²) in [6.45, 7) is 35.7. The van der Waals surface area contributed by atoms with Crippen LogP contribution < -0.4 is 35.4 Å². The molecular formula is C55H87BN12O8S2Si. The lowest BCUT2D eigenvalue weighted by atomic mass is 9.81. The number of aromatic nitrogens is 6. The molecule has 1 aliphatic heterocycles. The number of hydrogen-bond acceptors (Lipinski definition) is 14. The molecule has 1 fully saturated rings. The van der Waals surface area contributed by atoms with E-state index in [-0.39, 0.29) is 24.9 Å². The molecule has 5 heterocycles. The lowest BCUT2D eigenvalue weighted by Gasteiger charge is -2.44. The van der Waals surface area contributed by atoms with Gasteiger partial charge >= 0.3 is 23.4 Å². The second-order valence-corrected chi connectivity index (χ2v) is 31.8. The van der Waals surface area contributed by atoms with Gasteiger partial charge in [0.15, 0.2) is 8.24 Å². The van der Waals surface area contributed by atoms with Gasteiger partial charge in [0.25, 0.3) is 10.2 Å². The second-order valence-electron chi connectivity index (χ2n) is 23.2. The van der Waals surface area contributed by atoms with Crippen LogP contribution in [0.15, 0.2) is 73.8 Å². The van der Waals surface area contributed by atoms with Gasteiger partial charge in [0, 0.05) is 49.3 Å². The van der Waals surface area contributed by atoms with E-state index < -0.39 is 40.3 Å². The van der Waals surface area contributed by atoms with E-state index in [2.05, 4.69) is 162 Å². The van der Waals surface area contributed by atoms with E-state index in [1.165, 1.54) is 17.5 Å². The van der Waals surface area contributed by atoms with Crippen LogP contribution in [-0.4, -0.2) is 110 Å². The molecule has 79 heavy (non-hydrogen) atoms. The average molecular weight is 1150 g/mol. The van der Waals surface area contributed by atoms with Crippen LogP contribution >= 0.6 is 0 Å². The maximum Gasteiger partial charge on any atom is 0.496 e. The van der Waals surface area contributed by atoms with Crippen molar-refractivity contribution in [3.05, 3.63) is 90.5 Å². The number of aromatic amines is 1. The lowest BCUT2D eigenvalue weighted by molar-refractivity contribution is 0.00578. The highest BCUT2D eigenvalue weighted by Gasteiger charge is 2.53. The summed E-state index contributed by atoms with van der Waals surface area (Å²) in [5.41, 5.74) is 9.34. The summed E-state index contributed by atoms with van der Waals surface area (Å²) in [5, 5.41) is 13.4. The lowest BCUT2D eigenvalue weighted by Crippen LogP contribution is -2.51. The highest BCUT2D eigenvalue weighted by molar-refractivity contribution is 7.88. The van der Waals surface area contributed by atoms with Gasteiger partial charge in [0.1, 0.15) is 29.9 Å². The first-order chi connectivity index (χ1) is 36.8. The number of aryl methyl sites for hydroxylation is 3. The van der Waals surface area contributed by atoms with Gasteiger partial charge in [-0.1, -0.05) is 41.5 Å². The van der Waals surface area contributed by atoms with Crippen LogP contribution in [0.1, 0.15) is 132 Å². The molecule has 0 unspecified atom stereocenters. The Bertz CT molecular complexity index is 3170. The van der Waals surface area contributed by atoms with Crippen molar-refractivity contribution in [3.8, 4) is 11.1 Å². The van der Waals surface area contributed by atoms with Gasteiger partial charge in [0.2, 0.25) is 0 Å². The van der Waals surface area contributed by atoms with Crippen molar-refractivity contribution in [2.75, 3.05) is 36.8 Å². The normalized spacial score (nSPS) is 14.6. The number of H-pyrrole nitrogens is 1. The molecule has 4 aromatic heterocycles. The molecule has 1 aliphatic rings. The van der Waals surface area contributed by atoms with E-state index in [0.29, 0.717) is 55.5 Å². The molecule has 1 saturated heterocycles. The van der Waals surface area contributed by atoms with Crippen molar-refractivity contribution >= 4 is 80.8 Å². The number of unbranched alkanes of at least 4 members (excludes halogenated alkanes) is 2. The fraction of sp³-hybridized carbons (Fsp3) is 0.545. The van der Waals surface area contributed by atoms with Crippen molar-refractivity contribution in [3.63, 3.8) is 0 Å². The minimum Gasteiger partial charge on any atom is -0.443 e. The van der Waals surface area contributed by atoms with Crippen LogP contribution in [-0.2, 0) is 34.5 Å². The molecule has 8 N–H and O–H groups in total. The number of hydrogen-bond donors (Lipinski definition) is 7. The van der Waals surface area contributed by atoms with Crippen LogP contribution in [0.4, 0.5) is 16.4 Å². The van der Waals surface area contributed by atoms with Gasteiger partial charge in [-0.05, 0) is 194 Å². The Morgan fingerprint density at radius 2 is 1.23 bits per heavy atom. The summed E-state index contributed by atoms with van der Waals surface area (Å²) in [7, 11) is -9.53. The van der Waals surface area contributed by atoms with Crippen LogP contribution in [0.25, 0.3) is 32.9 Å². The Morgan fingerprint density at radius 3 is 1.72 bits per heavy atom. The first kappa shape index (κ1) is 64.4. The molecule has 434 valence electrons. The number of nitrogens with zero attached hydrogens (tertiary/aromatic N) is 5. The summed E-state index contributed by atoms with van der Waals surface area (Å²) >= 11 is 0. The number of carbonyl (C=O) groups excluding carboxylic acids is 1. The monoisotopic (exact) mass is 1150 g/mol. The zero-order valence-corrected chi connectivity index (χ0v) is 51.9. The molecule has 0 spiro atoms. The summed E-state index contributed by atoms with van der Waals surface area (Å²) in [5.74, 6) is 1.53. The van der Waals surface area contributed by atoms with Crippen LogP contribution in [0, 0.1) is 20.8 Å². The minimum absolute atomic E-state index is 0.197. The number of carbonyl (C=O) groups is 1. The van der Waals surface area contributed by atoms with Crippen molar-refractivity contribution in [2.24, 2.45) is 5.14 Å². The summed E-state index contributed by atoms with van der Waals surface area (Å²) < 4.78 is 71.7. The molecule has 0 bridgehead atoms. The largest absolute Gasteiger partial charge is 0.496 e. The number of fused-ring (bicyclic) bond motifs is 2. The SMILES string of the molecule is CC(C)[Si](C(C)C)(C(C)C)n1ccc(B2OC(C)(C)C(C)(C)O2)c1.Cc1cc2c(NCCCCNS(N)(=O)=O)ncnc2cc1-c1cc[nH]c1.Cc1cc2ncnc(NCCCCNS(=O)(=O)NC(=O)OC(C)(C)C)c2cc1C. The van der Waals surface area contributed by atoms with E-state index in [9.17, 15) is 21.6 Å². The predicted octanol–water partition coefficient (Wildman–Crippen LogP) is 9.53. The number of benzene rings is 2. The third kappa shape index (κ3) is 17.5. The Balaban J connectivity index is 0.000000219. The number of anilines is 2. The quantitative estimate of drug-likeness (QED) is 0.0261. The average Bonchev–Trinajstić information content (AvgIpc) is 4.16. The van der Waals surface area contributed by atoms with Gasteiger partial charge in [-0.3, -0.25) is 0 Å². The number of nitrogens with one attached hydrogen (secondary N) is 6. The number of nitrogens with two attached hydrogens (primary N) is 1. The summed E-state index contributed by atoms with van der Waals surface area (Å²) in [6.07, 6.45) is 13.3. The van der Waals surface area contributed by atoms with Gasteiger partial charge in [-0.25, -0.2) is 39.3 Å². The third-order valence-corrected chi connectivity index (χ3v) is 23.0. The van der Waals surface area contributed by atoms with Crippen molar-refractivity contribution in [1.29, 1.82) is 0 Å². The first-order valence-corrected chi connectivity index (χ1v) is 32.4. The Kier molecular flexibility index (Phi) is 21.9. The molecule has 0 saturated carbocycles. The smallest absolute Gasteiger partial charge is 0.443 e. The number of rotatable bonds is 21. The standard InChI is InChI=1S/C19H36BNO2Si.C19H29N5O4S.C17H22N6O2S/c1-14(2)24(15(3)4,16(5)6)21-12-11-17(13-21)20-22-18(7,8)19(9,10)23-20;1-13-10-15-16(11-14(13)2)21-12-22-17(15)20-8-6-7-9-23-29(26,27)24-18(25)28-19(3,4)5;1-12-8-15-16(9-14(12)13-4-7-19-10-13)21-11-22-17(15)20-5-2-3-6-23-26(18,24)25/h11-16H,1-10H3;10-12,23H,6-9H2,1-5H3,(H,24,25)(H,20,21,22);4,7-11,19,23H,2-3,5-6H2,1H3,(H2,18,24,25)(H,20,21,22). The van der Waals surface area contributed by atoms with E-state index in [4.69, 9.17) is 19.2 Å². The molecule has 7 rings (SSSR count). The second kappa shape index (κ2) is 26.9. The molecule has 0 aliphatic carbocycles. The van der Waals surface area contributed by atoms with E-state index in [0.717, 1.165) is 62.0 Å². The highest BCUT2D eigenvalue weighted by Crippen LogP contribution is 2.43. The molecule has 0 radical (unpaired) electrons.